The van der Waals surface area contributed by atoms with Gasteiger partial charge in [0.05, 0.1) is 12.0 Å². The minimum absolute atomic E-state index is 0.199. The number of nitriles is 1. The largest absolute Gasteiger partial charge is 0.489 e. The molecule has 5 nitrogen and oxygen atoms in total. The van der Waals surface area contributed by atoms with Crippen molar-refractivity contribution in [3.63, 3.8) is 0 Å². The van der Waals surface area contributed by atoms with Crippen LogP contribution in [0.1, 0.15) is 69.4 Å². The maximum atomic E-state index is 11.5. The molecule has 2 aromatic carbocycles. The van der Waals surface area contributed by atoms with E-state index < -0.39 is 5.97 Å². The Balaban J connectivity index is 1.37. The maximum absolute atomic E-state index is 11.5. The molecule has 1 N–H and O–H groups in total. The lowest BCUT2D eigenvalue weighted by Gasteiger charge is -2.37. The molecule has 1 aliphatic carbocycles. The molecule has 3 fully saturated rings. The summed E-state index contributed by atoms with van der Waals surface area (Å²) in [6, 6.07) is 13.5. The van der Waals surface area contributed by atoms with Crippen LogP contribution in [0.25, 0.3) is 10.8 Å². The fourth-order valence-corrected chi connectivity index (χ4v) is 6.13. The van der Waals surface area contributed by atoms with E-state index in [1.165, 1.54) is 18.4 Å². The summed E-state index contributed by atoms with van der Waals surface area (Å²) in [5.74, 6) is 0.623. The lowest BCUT2D eigenvalue weighted by atomic mass is 9.89. The molecule has 3 aliphatic rings. The van der Waals surface area contributed by atoms with Crippen molar-refractivity contribution >= 4 is 16.7 Å². The standard InChI is InChI=1S/C27H32N2O3/c1-17-2-9-23(10-3-17)32-26-11-6-19-5-4-18(12-24(19)25(26)15-28)16-29-21-7-8-22(29)14-20(13-21)27(30)31/h4-6,11-12,17,20-23H,2-3,7-10,13-14,16H2,1H3,(H,30,31)/t17-,20?,21?,22?,23+. The highest BCUT2D eigenvalue weighted by Gasteiger charge is 2.42. The zero-order chi connectivity index (χ0) is 22.2. The summed E-state index contributed by atoms with van der Waals surface area (Å²) in [6.07, 6.45) is 8.36. The predicted octanol–water partition coefficient (Wildman–Crippen LogP) is 5.50. The molecule has 32 heavy (non-hydrogen) atoms. The van der Waals surface area contributed by atoms with Gasteiger partial charge in [0.25, 0.3) is 0 Å². The van der Waals surface area contributed by atoms with Gasteiger partial charge in [-0.05, 0) is 80.4 Å². The van der Waals surface area contributed by atoms with Gasteiger partial charge in [-0.2, -0.15) is 5.26 Å². The normalized spacial score (nSPS) is 30.2. The van der Waals surface area contributed by atoms with E-state index in [1.807, 2.05) is 6.07 Å². The van der Waals surface area contributed by atoms with Crippen LogP contribution in [-0.4, -0.2) is 34.2 Å². The van der Waals surface area contributed by atoms with E-state index in [0.717, 1.165) is 61.8 Å². The third-order valence-corrected chi connectivity index (χ3v) is 8.01. The van der Waals surface area contributed by atoms with E-state index in [0.29, 0.717) is 23.4 Å². The number of hydrogen-bond donors (Lipinski definition) is 1. The van der Waals surface area contributed by atoms with Crippen LogP contribution in [-0.2, 0) is 11.3 Å². The highest BCUT2D eigenvalue weighted by atomic mass is 16.5. The Hall–Kier alpha value is -2.58. The molecular formula is C27H32N2O3. The lowest BCUT2D eigenvalue weighted by Crippen LogP contribution is -2.44. The van der Waals surface area contributed by atoms with Crippen LogP contribution in [0.5, 0.6) is 5.75 Å². The average Bonchev–Trinajstić information content (AvgIpc) is 3.01. The Kier molecular flexibility index (Phi) is 5.82. The molecule has 2 aliphatic heterocycles. The molecule has 0 radical (unpaired) electrons. The van der Waals surface area contributed by atoms with E-state index >= 15 is 0 Å². The van der Waals surface area contributed by atoms with Gasteiger partial charge in [-0.25, -0.2) is 0 Å². The molecule has 2 saturated heterocycles. The Bertz CT molecular complexity index is 1040. The molecule has 0 aromatic heterocycles. The number of fused-ring (bicyclic) bond motifs is 3. The van der Waals surface area contributed by atoms with Crippen LogP contribution in [0.15, 0.2) is 30.3 Å². The van der Waals surface area contributed by atoms with Gasteiger partial charge in [0.2, 0.25) is 0 Å². The van der Waals surface area contributed by atoms with Gasteiger partial charge in [0, 0.05) is 24.0 Å². The molecule has 1 saturated carbocycles. The second kappa shape index (κ2) is 8.75. The Morgan fingerprint density at radius 3 is 2.44 bits per heavy atom. The fourth-order valence-electron chi connectivity index (χ4n) is 6.13. The number of carbonyl (C=O) groups is 1. The number of rotatable bonds is 5. The van der Waals surface area contributed by atoms with Gasteiger partial charge in [0.1, 0.15) is 17.4 Å². The summed E-state index contributed by atoms with van der Waals surface area (Å²) in [6.45, 7) is 3.11. The smallest absolute Gasteiger partial charge is 0.306 e. The van der Waals surface area contributed by atoms with Crippen LogP contribution >= 0.6 is 0 Å². The van der Waals surface area contributed by atoms with Crippen molar-refractivity contribution in [2.45, 2.75) is 83.0 Å². The van der Waals surface area contributed by atoms with E-state index in [4.69, 9.17) is 4.74 Å². The molecule has 2 heterocycles. The second-order valence-corrected chi connectivity index (χ2v) is 10.2. The van der Waals surface area contributed by atoms with Crippen molar-refractivity contribution in [2.24, 2.45) is 11.8 Å². The predicted molar refractivity (Wildman–Crippen MR) is 123 cm³/mol. The third-order valence-electron chi connectivity index (χ3n) is 8.01. The summed E-state index contributed by atoms with van der Waals surface area (Å²) >= 11 is 0. The number of piperidine rings is 1. The minimum Gasteiger partial charge on any atom is -0.489 e. The van der Waals surface area contributed by atoms with Crippen molar-refractivity contribution in [2.75, 3.05) is 0 Å². The van der Waals surface area contributed by atoms with Gasteiger partial charge >= 0.3 is 5.97 Å². The Morgan fingerprint density at radius 2 is 1.78 bits per heavy atom. The minimum atomic E-state index is -0.647. The van der Waals surface area contributed by atoms with Crippen molar-refractivity contribution in [3.05, 3.63) is 41.5 Å². The van der Waals surface area contributed by atoms with E-state index in [-0.39, 0.29) is 12.0 Å². The summed E-state index contributed by atoms with van der Waals surface area (Å²) in [7, 11) is 0. The van der Waals surface area contributed by atoms with Crippen LogP contribution < -0.4 is 4.74 Å². The van der Waals surface area contributed by atoms with Gasteiger partial charge in [-0.3, -0.25) is 9.69 Å². The zero-order valence-corrected chi connectivity index (χ0v) is 18.8. The Morgan fingerprint density at radius 1 is 1.09 bits per heavy atom. The molecule has 5 heteroatoms. The molecule has 2 atom stereocenters. The SMILES string of the molecule is C[C@H]1CC[C@@H](Oc2ccc3ccc(CN4C5CCC4CC(C(=O)O)C5)cc3c2C#N)CC1. The highest BCUT2D eigenvalue weighted by Crippen LogP contribution is 2.40. The quantitative estimate of drug-likeness (QED) is 0.676. The van der Waals surface area contributed by atoms with Crippen molar-refractivity contribution in [1.82, 2.24) is 4.90 Å². The number of carboxylic acids is 1. The number of aliphatic carboxylic acids is 1. The zero-order valence-electron chi connectivity index (χ0n) is 18.8. The second-order valence-electron chi connectivity index (χ2n) is 10.2. The van der Waals surface area contributed by atoms with E-state index in [9.17, 15) is 15.2 Å². The van der Waals surface area contributed by atoms with Crippen molar-refractivity contribution in [3.8, 4) is 11.8 Å². The van der Waals surface area contributed by atoms with Crippen LogP contribution in [0.2, 0.25) is 0 Å². The summed E-state index contributed by atoms with van der Waals surface area (Å²) in [4.78, 5) is 14.0. The van der Waals surface area contributed by atoms with Gasteiger partial charge < -0.3 is 9.84 Å². The number of nitrogens with zero attached hydrogens (tertiary/aromatic N) is 2. The third kappa shape index (κ3) is 4.09. The van der Waals surface area contributed by atoms with E-state index in [1.54, 1.807) is 0 Å². The first-order chi connectivity index (χ1) is 15.5. The monoisotopic (exact) mass is 432 g/mol. The average molecular weight is 433 g/mol. The number of benzene rings is 2. The molecule has 0 amide bonds. The summed E-state index contributed by atoms with van der Waals surface area (Å²) < 4.78 is 6.31. The maximum Gasteiger partial charge on any atom is 0.306 e. The van der Waals surface area contributed by atoms with Gasteiger partial charge in [0.15, 0.2) is 0 Å². The molecule has 5 rings (SSSR count). The fraction of sp³-hybridized carbons (Fsp3) is 0.556. The van der Waals surface area contributed by atoms with Crippen LogP contribution in [0.4, 0.5) is 0 Å². The first-order valence-corrected chi connectivity index (χ1v) is 12.1. The molecule has 2 aromatic rings. The molecular weight excluding hydrogens is 400 g/mol. The van der Waals surface area contributed by atoms with Gasteiger partial charge in [-0.15, -0.1) is 0 Å². The topological polar surface area (TPSA) is 73.6 Å². The van der Waals surface area contributed by atoms with E-state index in [2.05, 4.69) is 42.2 Å². The van der Waals surface area contributed by atoms with Gasteiger partial charge in [-0.1, -0.05) is 25.1 Å². The van der Waals surface area contributed by atoms with Crippen LogP contribution in [0.3, 0.4) is 0 Å². The van der Waals surface area contributed by atoms with Crippen molar-refractivity contribution < 1.29 is 14.6 Å². The highest BCUT2D eigenvalue weighted by molar-refractivity contribution is 5.90. The first kappa shape index (κ1) is 21.3. The Labute approximate surface area is 190 Å². The van der Waals surface area contributed by atoms with Crippen LogP contribution in [0, 0.1) is 23.2 Å². The molecule has 168 valence electrons. The lowest BCUT2D eigenvalue weighted by molar-refractivity contribution is -0.144. The number of hydrogen-bond acceptors (Lipinski definition) is 4. The number of carboxylic acid groups (broad SMARTS) is 1. The summed E-state index contributed by atoms with van der Waals surface area (Å²) in [5, 5.41) is 21.4. The van der Waals surface area contributed by atoms with Crippen molar-refractivity contribution in [1.29, 1.82) is 5.26 Å². The first-order valence-electron chi connectivity index (χ1n) is 12.1. The molecule has 0 spiro atoms. The molecule has 2 unspecified atom stereocenters. The molecule has 2 bridgehead atoms. The summed E-state index contributed by atoms with van der Waals surface area (Å²) in [5.41, 5.74) is 1.82. The number of ether oxygens (including phenoxy) is 1.